The normalized spacial score (nSPS) is 9.18. The predicted molar refractivity (Wildman–Crippen MR) is 70.7 cm³/mol. The van der Waals surface area contributed by atoms with Crippen LogP contribution in [0.1, 0.15) is 31.9 Å². The number of nitrogens with zero attached hydrogens (tertiary/aromatic N) is 1. The molecule has 0 amide bonds. The van der Waals surface area contributed by atoms with E-state index in [2.05, 4.69) is 10.3 Å². The van der Waals surface area contributed by atoms with Crippen molar-refractivity contribution >= 4 is 23.3 Å². The third kappa shape index (κ3) is 7.58. The molecule has 1 aromatic rings. The van der Waals surface area contributed by atoms with Gasteiger partial charge >= 0.3 is 5.97 Å². The van der Waals surface area contributed by atoms with Crippen molar-refractivity contribution in [2.24, 2.45) is 0 Å². The molecule has 1 aromatic heterocycles. The summed E-state index contributed by atoms with van der Waals surface area (Å²) in [5.41, 5.74) is 1.94. The SMILES string of the molecule is CCCCC(=O)O.CNc1cc(Cl)cnc1C. The number of hydrogen-bond donors (Lipinski definition) is 2. The van der Waals surface area contributed by atoms with Gasteiger partial charge in [-0.15, -0.1) is 0 Å². The van der Waals surface area contributed by atoms with Crippen molar-refractivity contribution in [3.63, 3.8) is 0 Å². The zero-order valence-electron chi connectivity index (χ0n) is 10.5. The molecule has 2 N–H and O–H groups in total. The van der Waals surface area contributed by atoms with E-state index in [4.69, 9.17) is 16.7 Å². The van der Waals surface area contributed by atoms with E-state index in [1.807, 2.05) is 27.0 Å². The number of carboxylic acid groups (broad SMARTS) is 1. The summed E-state index contributed by atoms with van der Waals surface area (Å²) in [5.74, 6) is -0.693. The number of rotatable bonds is 4. The van der Waals surface area contributed by atoms with Crippen LogP contribution >= 0.6 is 11.6 Å². The van der Waals surface area contributed by atoms with Gasteiger partial charge in [-0.05, 0) is 19.4 Å². The first kappa shape index (κ1) is 15.7. The predicted octanol–water partition coefficient (Wildman–Crippen LogP) is 3.35. The molecular formula is C12H19ClN2O2. The maximum Gasteiger partial charge on any atom is 0.303 e. The molecule has 0 unspecified atom stereocenters. The zero-order chi connectivity index (χ0) is 13.3. The number of pyridine rings is 1. The summed E-state index contributed by atoms with van der Waals surface area (Å²) in [6.07, 6.45) is 3.72. The van der Waals surface area contributed by atoms with Crippen LogP contribution in [0.5, 0.6) is 0 Å². The van der Waals surface area contributed by atoms with E-state index in [0.717, 1.165) is 24.2 Å². The first-order valence-corrected chi connectivity index (χ1v) is 5.90. The van der Waals surface area contributed by atoms with E-state index in [-0.39, 0.29) is 0 Å². The molecule has 5 heteroatoms. The summed E-state index contributed by atoms with van der Waals surface area (Å²) in [6, 6.07) is 1.85. The van der Waals surface area contributed by atoms with Gasteiger partial charge in [0.05, 0.1) is 16.4 Å². The molecule has 17 heavy (non-hydrogen) atoms. The average Bonchev–Trinajstić information content (AvgIpc) is 2.30. The van der Waals surface area contributed by atoms with E-state index < -0.39 is 5.97 Å². The molecule has 0 saturated heterocycles. The van der Waals surface area contributed by atoms with Crippen molar-refractivity contribution in [3.8, 4) is 0 Å². The van der Waals surface area contributed by atoms with Crippen LogP contribution in [0.3, 0.4) is 0 Å². The van der Waals surface area contributed by atoms with Gasteiger partial charge in [-0.25, -0.2) is 0 Å². The van der Waals surface area contributed by atoms with Gasteiger partial charge in [-0.1, -0.05) is 24.9 Å². The number of carboxylic acids is 1. The fourth-order valence-electron chi connectivity index (χ4n) is 1.09. The Labute approximate surface area is 107 Å². The van der Waals surface area contributed by atoms with E-state index in [1.165, 1.54) is 0 Å². The van der Waals surface area contributed by atoms with Crippen LogP contribution in [-0.2, 0) is 4.79 Å². The van der Waals surface area contributed by atoms with Crippen LogP contribution in [0.15, 0.2) is 12.3 Å². The molecule has 0 aromatic carbocycles. The summed E-state index contributed by atoms with van der Waals surface area (Å²) in [7, 11) is 1.85. The number of halogens is 1. The Morgan fingerprint density at radius 3 is 2.59 bits per heavy atom. The maximum atomic E-state index is 9.76. The Balaban J connectivity index is 0.000000325. The molecule has 0 bridgehead atoms. The molecule has 1 heterocycles. The molecule has 0 saturated carbocycles. The fourth-order valence-corrected chi connectivity index (χ4v) is 1.25. The molecule has 0 spiro atoms. The second-order valence-electron chi connectivity index (χ2n) is 3.53. The highest BCUT2D eigenvalue weighted by atomic mass is 35.5. The minimum atomic E-state index is -0.693. The maximum absolute atomic E-state index is 9.76. The van der Waals surface area contributed by atoms with E-state index in [1.54, 1.807) is 6.20 Å². The largest absolute Gasteiger partial charge is 0.481 e. The van der Waals surface area contributed by atoms with Gasteiger partial charge in [0.2, 0.25) is 0 Å². The topological polar surface area (TPSA) is 62.2 Å². The monoisotopic (exact) mass is 258 g/mol. The number of unbranched alkanes of at least 4 members (excludes halogenated alkanes) is 1. The van der Waals surface area contributed by atoms with Gasteiger partial charge in [-0.2, -0.15) is 0 Å². The Morgan fingerprint density at radius 1 is 1.59 bits per heavy atom. The molecule has 1 rings (SSSR count). The number of aromatic nitrogens is 1. The summed E-state index contributed by atoms with van der Waals surface area (Å²) in [4.78, 5) is 13.8. The van der Waals surface area contributed by atoms with Crippen molar-refractivity contribution in [1.82, 2.24) is 4.98 Å². The van der Waals surface area contributed by atoms with Gasteiger partial charge in [0, 0.05) is 19.7 Å². The van der Waals surface area contributed by atoms with E-state index >= 15 is 0 Å². The minimum absolute atomic E-state index is 0.316. The van der Waals surface area contributed by atoms with Gasteiger partial charge in [0.1, 0.15) is 0 Å². The van der Waals surface area contributed by atoms with Crippen molar-refractivity contribution in [2.45, 2.75) is 33.1 Å². The molecular weight excluding hydrogens is 240 g/mol. The lowest BCUT2D eigenvalue weighted by atomic mass is 10.3. The second-order valence-corrected chi connectivity index (χ2v) is 3.97. The quantitative estimate of drug-likeness (QED) is 0.869. The molecule has 0 aliphatic rings. The lowest BCUT2D eigenvalue weighted by Crippen LogP contribution is -1.93. The molecule has 0 fully saturated rings. The van der Waals surface area contributed by atoms with Crippen molar-refractivity contribution < 1.29 is 9.90 Å². The highest BCUT2D eigenvalue weighted by Gasteiger charge is 1.95. The Bertz CT molecular complexity index is 356. The third-order valence-corrected chi connectivity index (χ3v) is 2.27. The summed E-state index contributed by atoms with van der Waals surface area (Å²) >= 11 is 5.69. The highest BCUT2D eigenvalue weighted by molar-refractivity contribution is 6.30. The highest BCUT2D eigenvalue weighted by Crippen LogP contribution is 2.16. The van der Waals surface area contributed by atoms with Crippen molar-refractivity contribution in [2.75, 3.05) is 12.4 Å². The second kappa shape index (κ2) is 8.82. The average molecular weight is 259 g/mol. The lowest BCUT2D eigenvalue weighted by molar-refractivity contribution is -0.137. The fraction of sp³-hybridized carbons (Fsp3) is 0.500. The number of anilines is 1. The van der Waals surface area contributed by atoms with Crippen LogP contribution in [0.4, 0.5) is 5.69 Å². The number of aliphatic carboxylic acids is 1. The Kier molecular flexibility index (Phi) is 8.15. The first-order valence-electron chi connectivity index (χ1n) is 5.53. The van der Waals surface area contributed by atoms with Gasteiger partial charge in [0.15, 0.2) is 0 Å². The van der Waals surface area contributed by atoms with Crippen LogP contribution in [0.2, 0.25) is 5.02 Å². The van der Waals surface area contributed by atoms with Crippen LogP contribution in [0, 0.1) is 6.92 Å². The molecule has 0 atom stereocenters. The molecule has 4 nitrogen and oxygen atoms in total. The smallest absolute Gasteiger partial charge is 0.303 e. The van der Waals surface area contributed by atoms with Crippen LogP contribution in [0.25, 0.3) is 0 Å². The standard InChI is InChI=1S/C7H9ClN2.C5H10O2/c1-5-7(9-2)3-6(8)4-10-5;1-2-3-4-5(6)7/h3-4,9H,1-2H3;2-4H2,1H3,(H,6,7). The molecule has 0 aliphatic heterocycles. The molecule has 96 valence electrons. The first-order chi connectivity index (χ1) is 8.01. The van der Waals surface area contributed by atoms with Gasteiger partial charge < -0.3 is 10.4 Å². The summed E-state index contributed by atoms with van der Waals surface area (Å²) in [5, 5.41) is 11.7. The van der Waals surface area contributed by atoms with Crippen LogP contribution < -0.4 is 5.32 Å². The van der Waals surface area contributed by atoms with Crippen molar-refractivity contribution in [3.05, 3.63) is 23.0 Å². The van der Waals surface area contributed by atoms with Crippen molar-refractivity contribution in [1.29, 1.82) is 0 Å². The van der Waals surface area contributed by atoms with E-state index in [0.29, 0.717) is 11.4 Å². The zero-order valence-corrected chi connectivity index (χ0v) is 11.2. The molecule has 0 aliphatic carbocycles. The third-order valence-electron chi connectivity index (χ3n) is 2.07. The minimum Gasteiger partial charge on any atom is -0.481 e. The molecule has 0 radical (unpaired) electrons. The Hall–Kier alpha value is -1.29. The summed E-state index contributed by atoms with van der Waals surface area (Å²) in [6.45, 7) is 3.91. The van der Waals surface area contributed by atoms with Gasteiger partial charge in [-0.3, -0.25) is 9.78 Å². The number of nitrogens with one attached hydrogen (secondary N) is 1. The van der Waals surface area contributed by atoms with Crippen LogP contribution in [-0.4, -0.2) is 23.1 Å². The van der Waals surface area contributed by atoms with Gasteiger partial charge in [0.25, 0.3) is 0 Å². The number of aryl methyl sites for hydroxylation is 1. The Morgan fingerprint density at radius 2 is 2.24 bits per heavy atom. The number of hydrogen-bond acceptors (Lipinski definition) is 3. The number of carbonyl (C=O) groups is 1. The summed E-state index contributed by atoms with van der Waals surface area (Å²) < 4.78 is 0. The van der Waals surface area contributed by atoms with E-state index in [9.17, 15) is 4.79 Å². The lowest BCUT2D eigenvalue weighted by Gasteiger charge is -2.02.